The average molecular weight is 293 g/mol. The molecule has 0 radical (unpaired) electrons. The van der Waals surface area contributed by atoms with Crippen molar-refractivity contribution in [2.45, 2.75) is 6.92 Å². The van der Waals surface area contributed by atoms with E-state index < -0.39 is 0 Å². The first-order valence-electron chi connectivity index (χ1n) is 4.46. The highest BCUT2D eigenvalue weighted by atomic mass is 79.9. The highest BCUT2D eigenvalue weighted by molar-refractivity contribution is 9.10. The molecule has 0 saturated heterocycles. The van der Waals surface area contributed by atoms with Gasteiger partial charge in [0, 0.05) is 6.61 Å². The van der Waals surface area contributed by atoms with Crippen molar-refractivity contribution >= 4 is 39.1 Å². The molecule has 1 amide bonds. The number of nitrogens with one attached hydrogen (secondary N) is 1. The minimum Gasteiger partial charge on any atom is -0.372 e. The van der Waals surface area contributed by atoms with Crippen LogP contribution in [0.4, 0.5) is 5.69 Å². The van der Waals surface area contributed by atoms with Gasteiger partial charge in [-0.25, -0.2) is 0 Å². The number of hydrogen-bond donors (Lipinski definition) is 1. The molecule has 0 atom stereocenters. The largest absolute Gasteiger partial charge is 0.372 e. The molecule has 0 spiro atoms. The van der Waals surface area contributed by atoms with E-state index in [4.69, 9.17) is 16.3 Å². The maximum absolute atomic E-state index is 11.3. The van der Waals surface area contributed by atoms with Crippen LogP contribution < -0.4 is 5.32 Å². The van der Waals surface area contributed by atoms with E-state index in [1.165, 1.54) is 0 Å². The number of ether oxygens (including phenoxy) is 1. The summed E-state index contributed by atoms with van der Waals surface area (Å²) in [4.78, 5) is 11.3. The molecule has 0 heterocycles. The predicted octanol–water partition coefficient (Wildman–Crippen LogP) is 3.08. The van der Waals surface area contributed by atoms with E-state index in [2.05, 4.69) is 21.2 Å². The number of carbonyl (C=O) groups is 1. The van der Waals surface area contributed by atoms with Crippen LogP contribution in [0, 0.1) is 0 Å². The van der Waals surface area contributed by atoms with Crippen LogP contribution in [0.25, 0.3) is 0 Å². The molecule has 1 aromatic carbocycles. The maximum Gasteiger partial charge on any atom is 0.250 e. The Morgan fingerprint density at radius 2 is 2.33 bits per heavy atom. The van der Waals surface area contributed by atoms with Gasteiger partial charge in [-0.1, -0.05) is 17.7 Å². The topological polar surface area (TPSA) is 38.3 Å². The van der Waals surface area contributed by atoms with Crippen LogP contribution in [-0.2, 0) is 9.53 Å². The molecule has 0 unspecified atom stereocenters. The Hall–Kier alpha value is -0.580. The Morgan fingerprint density at radius 1 is 1.60 bits per heavy atom. The van der Waals surface area contributed by atoms with Gasteiger partial charge in [-0.2, -0.15) is 0 Å². The standard InChI is InChI=1S/C10H11BrClNO2/c1-2-15-6-9(14)13-8-5-3-4-7(12)10(8)11/h3-5H,2,6H2,1H3,(H,13,14). The number of amides is 1. The lowest BCUT2D eigenvalue weighted by molar-refractivity contribution is -0.120. The Morgan fingerprint density at radius 3 is 3.00 bits per heavy atom. The second kappa shape index (κ2) is 6.10. The normalized spacial score (nSPS) is 10.1. The van der Waals surface area contributed by atoms with Gasteiger partial charge in [0.25, 0.3) is 0 Å². The number of halogens is 2. The van der Waals surface area contributed by atoms with Crippen LogP contribution in [0.1, 0.15) is 6.92 Å². The molecule has 1 aromatic rings. The maximum atomic E-state index is 11.3. The molecular weight excluding hydrogens is 281 g/mol. The summed E-state index contributed by atoms with van der Waals surface area (Å²) in [6.45, 7) is 2.40. The van der Waals surface area contributed by atoms with Gasteiger partial charge in [0.05, 0.1) is 15.2 Å². The summed E-state index contributed by atoms with van der Waals surface area (Å²) in [5, 5.41) is 3.25. The van der Waals surface area contributed by atoms with Crippen molar-refractivity contribution in [3.63, 3.8) is 0 Å². The smallest absolute Gasteiger partial charge is 0.250 e. The van der Waals surface area contributed by atoms with Crippen molar-refractivity contribution in [2.75, 3.05) is 18.5 Å². The number of benzene rings is 1. The minimum absolute atomic E-state index is 0.0510. The first kappa shape index (κ1) is 12.5. The second-order valence-electron chi connectivity index (χ2n) is 2.79. The molecular formula is C10H11BrClNO2. The van der Waals surface area contributed by atoms with Crippen molar-refractivity contribution in [3.8, 4) is 0 Å². The van der Waals surface area contributed by atoms with Gasteiger partial charge in [-0.05, 0) is 35.0 Å². The van der Waals surface area contributed by atoms with E-state index in [1.807, 2.05) is 6.92 Å². The third kappa shape index (κ3) is 3.81. The summed E-state index contributed by atoms with van der Waals surface area (Å²) < 4.78 is 5.65. The average Bonchev–Trinajstić information content (AvgIpc) is 2.22. The van der Waals surface area contributed by atoms with Gasteiger partial charge in [0.2, 0.25) is 5.91 Å². The van der Waals surface area contributed by atoms with E-state index in [0.717, 1.165) is 0 Å². The van der Waals surface area contributed by atoms with Crippen LogP contribution >= 0.6 is 27.5 Å². The number of carbonyl (C=O) groups excluding carboxylic acids is 1. The Labute approximate surface area is 102 Å². The van der Waals surface area contributed by atoms with Gasteiger partial charge in [-0.15, -0.1) is 0 Å². The zero-order valence-corrected chi connectivity index (χ0v) is 10.6. The summed E-state index contributed by atoms with van der Waals surface area (Å²) >= 11 is 9.16. The van der Waals surface area contributed by atoms with Crippen molar-refractivity contribution in [2.24, 2.45) is 0 Å². The van der Waals surface area contributed by atoms with Crippen molar-refractivity contribution < 1.29 is 9.53 Å². The highest BCUT2D eigenvalue weighted by Crippen LogP contribution is 2.29. The van der Waals surface area contributed by atoms with Crippen molar-refractivity contribution in [3.05, 3.63) is 27.7 Å². The summed E-state index contributed by atoms with van der Waals surface area (Å²) in [6, 6.07) is 5.27. The summed E-state index contributed by atoms with van der Waals surface area (Å²) in [6.07, 6.45) is 0. The Kier molecular flexibility index (Phi) is 5.08. The van der Waals surface area contributed by atoms with Crippen LogP contribution in [0.3, 0.4) is 0 Å². The summed E-state index contributed by atoms with van der Waals surface area (Å²) in [5.74, 6) is -0.195. The lowest BCUT2D eigenvalue weighted by Gasteiger charge is -2.07. The van der Waals surface area contributed by atoms with Crippen LogP contribution in [0.15, 0.2) is 22.7 Å². The van der Waals surface area contributed by atoms with Gasteiger partial charge in [0.15, 0.2) is 0 Å². The fourth-order valence-corrected chi connectivity index (χ4v) is 1.52. The van der Waals surface area contributed by atoms with Crippen LogP contribution in [0.2, 0.25) is 5.02 Å². The van der Waals surface area contributed by atoms with Gasteiger partial charge in [0.1, 0.15) is 6.61 Å². The van der Waals surface area contributed by atoms with E-state index in [0.29, 0.717) is 21.8 Å². The van der Waals surface area contributed by atoms with Gasteiger partial charge < -0.3 is 10.1 Å². The molecule has 0 aliphatic carbocycles. The molecule has 0 saturated carbocycles. The zero-order chi connectivity index (χ0) is 11.3. The quantitative estimate of drug-likeness (QED) is 0.926. The molecule has 5 heteroatoms. The third-order valence-corrected chi connectivity index (χ3v) is 3.06. The second-order valence-corrected chi connectivity index (χ2v) is 3.99. The molecule has 0 fully saturated rings. The van der Waals surface area contributed by atoms with Crippen molar-refractivity contribution in [1.82, 2.24) is 0 Å². The highest BCUT2D eigenvalue weighted by Gasteiger charge is 2.07. The fourth-order valence-electron chi connectivity index (χ4n) is 0.981. The van der Waals surface area contributed by atoms with Crippen LogP contribution in [0.5, 0.6) is 0 Å². The molecule has 0 bridgehead atoms. The molecule has 1 N–H and O–H groups in total. The monoisotopic (exact) mass is 291 g/mol. The summed E-state index contributed by atoms with van der Waals surface area (Å²) in [7, 11) is 0. The number of anilines is 1. The van der Waals surface area contributed by atoms with E-state index >= 15 is 0 Å². The Balaban J connectivity index is 2.64. The van der Waals surface area contributed by atoms with Crippen molar-refractivity contribution in [1.29, 1.82) is 0 Å². The van der Waals surface area contributed by atoms with E-state index in [-0.39, 0.29) is 12.5 Å². The van der Waals surface area contributed by atoms with Gasteiger partial charge >= 0.3 is 0 Å². The summed E-state index contributed by atoms with van der Waals surface area (Å²) in [5.41, 5.74) is 0.646. The molecule has 82 valence electrons. The Bertz CT molecular complexity index is 357. The molecule has 15 heavy (non-hydrogen) atoms. The van der Waals surface area contributed by atoms with Gasteiger partial charge in [-0.3, -0.25) is 4.79 Å². The molecule has 0 aromatic heterocycles. The lowest BCUT2D eigenvalue weighted by atomic mass is 10.3. The molecule has 3 nitrogen and oxygen atoms in total. The fraction of sp³-hybridized carbons (Fsp3) is 0.300. The van der Waals surface area contributed by atoms with E-state index in [9.17, 15) is 4.79 Å². The first-order chi connectivity index (χ1) is 7.15. The predicted molar refractivity (Wildman–Crippen MR) is 64.3 cm³/mol. The molecule has 0 aliphatic rings. The van der Waals surface area contributed by atoms with E-state index in [1.54, 1.807) is 18.2 Å². The zero-order valence-electron chi connectivity index (χ0n) is 8.22. The minimum atomic E-state index is -0.195. The third-order valence-electron chi connectivity index (χ3n) is 1.66. The molecule has 0 aliphatic heterocycles. The molecule has 1 rings (SSSR count). The number of hydrogen-bond acceptors (Lipinski definition) is 2. The SMILES string of the molecule is CCOCC(=O)Nc1cccc(Cl)c1Br. The van der Waals surface area contributed by atoms with Crippen LogP contribution in [-0.4, -0.2) is 19.1 Å². The lowest BCUT2D eigenvalue weighted by Crippen LogP contribution is -2.18. The number of rotatable bonds is 4. The first-order valence-corrected chi connectivity index (χ1v) is 5.64.